The highest BCUT2D eigenvalue weighted by Crippen LogP contribution is 2.29. The minimum atomic E-state index is -0.452. The lowest BCUT2D eigenvalue weighted by atomic mass is 9.91. The van der Waals surface area contributed by atoms with Crippen LogP contribution in [0.1, 0.15) is 32.8 Å². The molecule has 2 rings (SSSR count). The van der Waals surface area contributed by atoms with Crippen LogP contribution >= 0.6 is 0 Å². The van der Waals surface area contributed by atoms with E-state index in [2.05, 4.69) is 0 Å². The van der Waals surface area contributed by atoms with Gasteiger partial charge in [-0.2, -0.15) is 0 Å². The number of carbonyl (C=O) groups excluding carboxylic acids is 1. The SMILES string of the molecule is CCC(C)(C)C(=O)Oc1ccc2c(c1)CC=CO2. The van der Waals surface area contributed by atoms with Crippen molar-refractivity contribution in [2.24, 2.45) is 5.41 Å². The number of hydrogen-bond donors (Lipinski definition) is 0. The smallest absolute Gasteiger partial charge is 0.316 e. The van der Waals surface area contributed by atoms with E-state index < -0.39 is 5.41 Å². The molecule has 0 atom stereocenters. The molecule has 0 N–H and O–H groups in total. The quantitative estimate of drug-likeness (QED) is 0.605. The van der Waals surface area contributed by atoms with Crippen molar-refractivity contribution < 1.29 is 14.3 Å². The van der Waals surface area contributed by atoms with Gasteiger partial charge in [-0.3, -0.25) is 4.79 Å². The molecule has 0 radical (unpaired) electrons. The van der Waals surface area contributed by atoms with E-state index in [9.17, 15) is 4.79 Å². The average molecular weight is 246 g/mol. The Hall–Kier alpha value is -1.77. The maximum Gasteiger partial charge on any atom is 0.316 e. The molecule has 0 fully saturated rings. The summed E-state index contributed by atoms with van der Waals surface area (Å²) in [5.41, 5.74) is 0.587. The van der Waals surface area contributed by atoms with E-state index in [0.717, 1.165) is 24.2 Å². The van der Waals surface area contributed by atoms with Gasteiger partial charge in [0.1, 0.15) is 11.5 Å². The summed E-state index contributed by atoms with van der Waals surface area (Å²) in [6.07, 6.45) is 5.17. The monoisotopic (exact) mass is 246 g/mol. The highest BCUT2D eigenvalue weighted by molar-refractivity contribution is 5.78. The number of ether oxygens (including phenoxy) is 2. The van der Waals surface area contributed by atoms with Gasteiger partial charge in [0.25, 0.3) is 0 Å². The normalized spacial score (nSPS) is 13.7. The topological polar surface area (TPSA) is 35.5 Å². The van der Waals surface area contributed by atoms with Crippen molar-refractivity contribution in [1.82, 2.24) is 0 Å². The van der Waals surface area contributed by atoms with Crippen molar-refractivity contribution in [2.45, 2.75) is 33.6 Å². The van der Waals surface area contributed by atoms with Crippen molar-refractivity contribution in [2.75, 3.05) is 0 Å². The van der Waals surface area contributed by atoms with Gasteiger partial charge < -0.3 is 9.47 Å². The minimum Gasteiger partial charge on any atom is -0.465 e. The zero-order chi connectivity index (χ0) is 13.2. The predicted octanol–water partition coefficient (Wildman–Crippen LogP) is 3.48. The first-order valence-electron chi connectivity index (χ1n) is 6.20. The van der Waals surface area contributed by atoms with Crippen LogP contribution in [0.25, 0.3) is 0 Å². The first-order valence-corrected chi connectivity index (χ1v) is 6.20. The van der Waals surface area contributed by atoms with Crippen LogP contribution in [0.4, 0.5) is 0 Å². The Labute approximate surface area is 107 Å². The Morgan fingerprint density at radius 2 is 2.22 bits per heavy atom. The standard InChI is InChI=1S/C15H18O3/c1-4-15(2,3)14(16)18-12-7-8-13-11(10-12)6-5-9-17-13/h5,7-10H,4,6H2,1-3H3. The maximum atomic E-state index is 12.0. The van der Waals surface area contributed by atoms with Crippen LogP contribution in [0, 0.1) is 5.41 Å². The summed E-state index contributed by atoms with van der Waals surface area (Å²) in [7, 11) is 0. The Kier molecular flexibility index (Phi) is 3.41. The van der Waals surface area contributed by atoms with Gasteiger partial charge in [-0.25, -0.2) is 0 Å². The molecule has 1 aromatic rings. The molecule has 0 saturated heterocycles. The summed E-state index contributed by atoms with van der Waals surface area (Å²) in [6, 6.07) is 5.46. The van der Waals surface area contributed by atoms with Gasteiger partial charge in [-0.1, -0.05) is 6.92 Å². The van der Waals surface area contributed by atoms with Crippen molar-refractivity contribution in [3.63, 3.8) is 0 Å². The van der Waals surface area contributed by atoms with Crippen LogP contribution in [0.2, 0.25) is 0 Å². The van der Waals surface area contributed by atoms with Crippen molar-refractivity contribution >= 4 is 5.97 Å². The van der Waals surface area contributed by atoms with Crippen LogP contribution < -0.4 is 9.47 Å². The van der Waals surface area contributed by atoms with E-state index in [1.165, 1.54) is 0 Å². The fourth-order valence-corrected chi connectivity index (χ4v) is 1.58. The van der Waals surface area contributed by atoms with Crippen LogP contribution in [0.5, 0.6) is 11.5 Å². The summed E-state index contributed by atoms with van der Waals surface area (Å²) < 4.78 is 10.8. The number of fused-ring (bicyclic) bond motifs is 1. The Balaban J connectivity index is 2.14. The van der Waals surface area contributed by atoms with E-state index in [1.54, 1.807) is 12.3 Å². The summed E-state index contributed by atoms with van der Waals surface area (Å²) in [5.74, 6) is 1.21. The van der Waals surface area contributed by atoms with Gasteiger partial charge in [0.15, 0.2) is 0 Å². The molecule has 0 bridgehead atoms. The van der Waals surface area contributed by atoms with Crippen molar-refractivity contribution in [1.29, 1.82) is 0 Å². The third-order valence-corrected chi connectivity index (χ3v) is 3.31. The highest BCUT2D eigenvalue weighted by Gasteiger charge is 2.27. The average Bonchev–Trinajstić information content (AvgIpc) is 2.38. The highest BCUT2D eigenvalue weighted by atomic mass is 16.5. The van der Waals surface area contributed by atoms with Crippen molar-refractivity contribution in [3.8, 4) is 11.5 Å². The molecule has 1 aliphatic rings. The molecule has 1 heterocycles. The van der Waals surface area contributed by atoms with Gasteiger partial charge in [-0.15, -0.1) is 0 Å². The molecule has 1 aliphatic heterocycles. The molecule has 96 valence electrons. The third-order valence-electron chi connectivity index (χ3n) is 3.31. The number of carbonyl (C=O) groups is 1. The molecule has 3 heteroatoms. The Morgan fingerprint density at radius 1 is 1.44 bits per heavy atom. The molecule has 0 saturated carbocycles. The van der Waals surface area contributed by atoms with Crippen LogP contribution in [0.3, 0.4) is 0 Å². The van der Waals surface area contributed by atoms with Gasteiger partial charge in [0, 0.05) is 5.56 Å². The lowest BCUT2D eigenvalue weighted by Crippen LogP contribution is -2.28. The van der Waals surface area contributed by atoms with Crippen LogP contribution in [-0.4, -0.2) is 5.97 Å². The molecule has 0 aliphatic carbocycles. The lowest BCUT2D eigenvalue weighted by molar-refractivity contribution is -0.144. The molecule has 0 spiro atoms. The van der Waals surface area contributed by atoms with E-state index in [-0.39, 0.29) is 5.97 Å². The van der Waals surface area contributed by atoms with Crippen LogP contribution in [0.15, 0.2) is 30.5 Å². The molecule has 0 unspecified atom stereocenters. The Morgan fingerprint density at radius 3 is 2.94 bits per heavy atom. The van der Waals surface area contributed by atoms with E-state index >= 15 is 0 Å². The summed E-state index contributed by atoms with van der Waals surface area (Å²) >= 11 is 0. The second-order valence-corrected chi connectivity index (χ2v) is 5.09. The lowest BCUT2D eigenvalue weighted by Gasteiger charge is -2.20. The number of rotatable bonds is 3. The Bertz CT molecular complexity index is 487. The van der Waals surface area contributed by atoms with E-state index in [1.807, 2.05) is 39.0 Å². The predicted molar refractivity (Wildman–Crippen MR) is 69.6 cm³/mol. The summed E-state index contributed by atoms with van der Waals surface area (Å²) in [4.78, 5) is 12.0. The number of esters is 1. The minimum absolute atomic E-state index is 0.197. The number of hydrogen-bond acceptors (Lipinski definition) is 3. The zero-order valence-electron chi connectivity index (χ0n) is 11.0. The fraction of sp³-hybridized carbons (Fsp3) is 0.400. The summed E-state index contributed by atoms with van der Waals surface area (Å²) in [6.45, 7) is 5.76. The molecule has 18 heavy (non-hydrogen) atoms. The van der Waals surface area contributed by atoms with Gasteiger partial charge >= 0.3 is 5.97 Å². The van der Waals surface area contributed by atoms with Gasteiger partial charge in [0.2, 0.25) is 0 Å². The van der Waals surface area contributed by atoms with Gasteiger partial charge in [-0.05, 0) is 51.0 Å². The second-order valence-electron chi connectivity index (χ2n) is 5.09. The molecule has 3 nitrogen and oxygen atoms in total. The molecule has 0 amide bonds. The molecular weight excluding hydrogens is 228 g/mol. The largest absolute Gasteiger partial charge is 0.465 e. The summed E-state index contributed by atoms with van der Waals surface area (Å²) in [5, 5.41) is 0. The number of benzene rings is 1. The molecular formula is C15H18O3. The number of allylic oxidation sites excluding steroid dienone is 1. The molecule has 0 aromatic heterocycles. The van der Waals surface area contributed by atoms with E-state index in [0.29, 0.717) is 5.75 Å². The van der Waals surface area contributed by atoms with Crippen LogP contribution in [-0.2, 0) is 11.2 Å². The first-order chi connectivity index (χ1) is 8.53. The van der Waals surface area contributed by atoms with E-state index in [4.69, 9.17) is 9.47 Å². The first kappa shape index (κ1) is 12.7. The molecule has 1 aromatic carbocycles. The zero-order valence-corrected chi connectivity index (χ0v) is 11.0. The third kappa shape index (κ3) is 2.55. The maximum absolute atomic E-state index is 12.0. The second kappa shape index (κ2) is 4.84. The van der Waals surface area contributed by atoms with Gasteiger partial charge in [0.05, 0.1) is 11.7 Å². The van der Waals surface area contributed by atoms with Crippen molar-refractivity contribution in [3.05, 3.63) is 36.1 Å². The fourth-order valence-electron chi connectivity index (χ4n) is 1.58.